The second-order valence-electron chi connectivity index (χ2n) is 5.64. The Hall–Kier alpha value is -1.42. The molecule has 0 amide bonds. The topological polar surface area (TPSA) is 47.9 Å². The van der Waals surface area contributed by atoms with E-state index in [1.54, 1.807) is 33.5 Å². The summed E-state index contributed by atoms with van der Waals surface area (Å²) in [6, 6.07) is 3.61. The molecule has 0 aliphatic heterocycles. The molecule has 1 N–H and O–H groups in total. The fraction of sp³-hybridized carbons (Fsp3) is 0.647. The van der Waals surface area contributed by atoms with Crippen LogP contribution < -0.4 is 14.2 Å². The summed E-state index contributed by atoms with van der Waals surface area (Å²) in [6.45, 7) is 0. The molecule has 1 aliphatic rings. The van der Waals surface area contributed by atoms with Crippen LogP contribution >= 0.6 is 0 Å². The first kappa shape index (κ1) is 16.0. The van der Waals surface area contributed by atoms with Crippen molar-refractivity contribution < 1.29 is 19.3 Å². The maximum Gasteiger partial charge on any atom is 0.132 e. The van der Waals surface area contributed by atoms with Crippen molar-refractivity contribution in [3.8, 4) is 17.2 Å². The Morgan fingerprint density at radius 2 is 1.43 bits per heavy atom. The van der Waals surface area contributed by atoms with Crippen LogP contribution in [0.3, 0.4) is 0 Å². The second-order valence-corrected chi connectivity index (χ2v) is 5.64. The van der Waals surface area contributed by atoms with E-state index in [0.717, 1.165) is 18.4 Å². The third kappa shape index (κ3) is 3.62. The van der Waals surface area contributed by atoms with Crippen LogP contribution in [0, 0.1) is 5.92 Å². The zero-order valence-corrected chi connectivity index (χ0v) is 13.2. The monoisotopic (exact) mass is 294 g/mol. The summed E-state index contributed by atoms with van der Waals surface area (Å²) in [5.74, 6) is 2.19. The highest BCUT2D eigenvalue weighted by molar-refractivity contribution is 5.52. The molecule has 0 heterocycles. The zero-order valence-electron chi connectivity index (χ0n) is 13.2. The molecule has 0 aromatic heterocycles. The van der Waals surface area contributed by atoms with Crippen LogP contribution in [0.25, 0.3) is 0 Å². The van der Waals surface area contributed by atoms with Crippen molar-refractivity contribution >= 4 is 0 Å². The summed E-state index contributed by atoms with van der Waals surface area (Å²) in [5, 5.41) is 10.9. The van der Waals surface area contributed by atoms with E-state index < -0.39 is 6.10 Å². The molecule has 0 saturated heterocycles. The molecule has 1 unspecified atom stereocenters. The van der Waals surface area contributed by atoms with Crippen molar-refractivity contribution in [1.29, 1.82) is 0 Å². The van der Waals surface area contributed by atoms with Crippen molar-refractivity contribution in [3.05, 3.63) is 17.7 Å². The molecule has 1 aromatic carbocycles. The lowest BCUT2D eigenvalue weighted by Gasteiger charge is -2.25. The van der Waals surface area contributed by atoms with Gasteiger partial charge in [-0.05, 0) is 18.8 Å². The van der Waals surface area contributed by atoms with Gasteiger partial charge in [0.05, 0.1) is 33.0 Å². The summed E-state index contributed by atoms with van der Waals surface area (Å²) in [6.07, 6.45) is 6.45. The lowest BCUT2D eigenvalue weighted by Crippen LogP contribution is -2.14. The van der Waals surface area contributed by atoms with Gasteiger partial charge in [0.15, 0.2) is 0 Å². The van der Waals surface area contributed by atoms with E-state index >= 15 is 0 Å². The lowest BCUT2D eigenvalue weighted by molar-refractivity contribution is 0.0932. The summed E-state index contributed by atoms with van der Waals surface area (Å²) >= 11 is 0. The minimum absolute atomic E-state index is 0.267. The average molecular weight is 294 g/mol. The molecule has 0 spiro atoms. The Kier molecular flexibility index (Phi) is 5.74. The molecule has 1 aromatic rings. The molecule has 0 radical (unpaired) electrons. The van der Waals surface area contributed by atoms with Crippen molar-refractivity contribution in [1.82, 2.24) is 0 Å². The molecular formula is C17H26O4. The maximum atomic E-state index is 10.9. The van der Waals surface area contributed by atoms with Crippen LogP contribution in [0.15, 0.2) is 12.1 Å². The van der Waals surface area contributed by atoms with E-state index in [4.69, 9.17) is 14.2 Å². The van der Waals surface area contributed by atoms with Gasteiger partial charge in [-0.3, -0.25) is 0 Å². The predicted octanol–water partition coefficient (Wildman–Crippen LogP) is 3.72. The highest BCUT2D eigenvalue weighted by Gasteiger charge is 2.28. The lowest BCUT2D eigenvalue weighted by atomic mass is 9.88. The highest BCUT2D eigenvalue weighted by atomic mass is 16.5. The Morgan fingerprint density at radius 1 is 0.905 bits per heavy atom. The third-order valence-electron chi connectivity index (χ3n) is 4.40. The van der Waals surface area contributed by atoms with Gasteiger partial charge in [-0.2, -0.15) is 0 Å². The van der Waals surface area contributed by atoms with E-state index in [1.807, 2.05) is 0 Å². The summed E-state index contributed by atoms with van der Waals surface area (Å²) < 4.78 is 16.2. The van der Waals surface area contributed by atoms with Crippen LogP contribution in [0.2, 0.25) is 0 Å². The number of aliphatic hydroxyl groups is 1. The van der Waals surface area contributed by atoms with Crippen molar-refractivity contribution in [2.45, 2.75) is 44.6 Å². The van der Waals surface area contributed by atoms with Gasteiger partial charge in [0.25, 0.3) is 0 Å². The van der Waals surface area contributed by atoms with Gasteiger partial charge < -0.3 is 19.3 Å². The number of aliphatic hydroxyl groups excluding tert-OH is 1. The van der Waals surface area contributed by atoms with E-state index in [0.29, 0.717) is 17.2 Å². The maximum absolute atomic E-state index is 10.9. The van der Waals surface area contributed by atoms with Gasteiger partial charge in [0.1, 0.15) is 17.2 Å². The van der Waals surface area contributed by atoms with Crippen LogP contribution in [0.4, 0.5) is 0 Å². The smallest absolute Gasteiger partial charge is 0.132 e. The molecular weight excluding hydrogens is 268 g/mol. The summed E-state index contributed by atoms with van der Waals surface area (Å²) in [5.41, 5.74) is 0.743. The third-order valence-corrected chi connectivity index (χ3v) is 4.40. The van der Waals surface area contributed by atoms with Crippen molar-refractivity contribution in [3.63, 3.8) is 0 Å². The van der Waals surface area contributed by atoms with Crippen molar-refractivity contribution in [2.75, 3.05) is 21.3 Å². The minimum atomic E-state index is -0.557. The van der Waals surface area contributed by atoms with Crippen molar-refractivity contribution in [2.24, 2.45) is 5.92 Å². The van der Waals surface area contributed by atoms with Gasteiger partial charge >= 0.3 is 0 Å². The SMILES string of the molecule is COc1cc(OC)c(C(O)C2CCCCCC2)c(OC)c1. The Bertz CT molecular complexity index is 425. The summed E-state index contributed by atoms with van der Waals surface area (Å²) in [7, 11) is 4.82. The second kappa shape index (κ2) is 7.55. The molecule has 118 valence electrons. The predicted molar refractivity (Wildman–Crippen MR) is 82.2 cm³/mol. The zero-order chi connectivity index (χ0) is 15.2. The highest BCUT2D eigenvalue weighted by Crippen LogP contribution is 2.43. The van der Waals surface area contributed by atoms with Crippen LogP contribution in [0.5, 0.6) is 17.2 Å². The van der Waals surface area contributed by atoms with Gasteiger partial charge in [0.2, 0.25) is 0 Å². The quantitative estimate of drug-likeness (QED) is 0.841. The molecule has 2 rings (SSSR count). The fourth-order valence-electron chi connectivity index (χ4n) is 3.19. The number of rotatable bonds is 5. The summed E-state index contributed by atoms with van der Waals surface area (Å²) in [4.78, 5) is 0. The molecule has 1 aliphatic carbocycles. The van der Waals surface area contributed by atoms with E-state index in [-0.39, 0.29) is 5.92 Å². The van der Waals surface area contributed by atoms with Gasteiger partial charge in [-0.15, -0.1) is 0 Å². The number of methoxy groups -OCH3 is 3. The van der Waals surface area contributed by atoms with Crippen LogP contribution in [-0.2, 0) is 0 Å². The Labute approximate surface area is 127 Å². The normalized spacial score (nSPS) is 17.9. The van der Waals surface area contributed by atoms with Gasteiger partial charge in [-0.1, -0.05) is 25.7 Å². The van der Waals surface area contributed by atoms with Gasteiger partial charge in [0, 0.05) is 12.1 Å². The number of hydrogen-bond donors (Lipinski definition) is 1. The number of benzene rings is 1. The number of hydrogen-bond acceptors (Lipinski definition) is 4. The fourth-order valence-corrected chi connectivity index (χ4v) is 3.19. The average Bonchev–Trinajstić information content (AvgIpc) is 2.81. The van der Waals surface area contributed by atoms with Gasteiger partial charge in [-0.25, -0.2) is 0 Å². The standard InChI is InChI=1S/C17H26O4/c1-19-13-10-14(20-2)16(15(11-13)21-3)17(18)12-8-6-4-5-7-9-12/h10-12,17-18H,4-9H2,1-3H3. The molecule has 21 heavy (non-hydrogen) atoms. The minimum Gasteiger partial charge on any atom is -0.496 e. The Balaban J connectivity index is 2.35. The molecule has 4 nitrogen and oxygen atoms in total. The molecule has 1 atom stereocenters. The number of ether oxygens (including phenoxy) is 3. The molecule has 1 fully saturated rings. The molecule has 0 bridgehead atoms. The first-order valence-corrected chi connectivity index (χ1v) is 7.69. The molecule has 4 heteroatoms. The van der Waals surface area contributed by atoms with Crippen LogP contribution in [-0.4, -0.2) is 26.4 Å². The first-order valence-electron chi connectivity index (χ1n) is 7.69. The van der Waals surface area contributed by atoms with E-state index in [9.17, 15) is 5.11 Å². The van der Waals surface area contributed by atoms with E-state index in [1.165, 1.54) is 25.7 Å². The first-order chi connectivity index (χ1) is 10.2. The van der Waals surface area contributed by atoms with Crippen LogP contribution in [0.1, 0.15) is 50.2 Å². The van der Waals surface area contributed by atoms with E-state index in [2.05, 4.69) is 0 Å². The molecule has 1 saturated carbocycles. The largest absolute Gasteiger partial charge is 0.496 e. The Morgan fingerprint density at radius 3 is 1.86 bits per heavy atom.